The minimum Gasteiger partial charge on any atom is -0.399 e. The van der Waals surface area contributed by atoms with E-state index in [0.717, 1.165) is 36.2 Å². The lowest BCUT2D eigenvalue weighted by Crippen LogP contribution is -2.09. The van der Waals surface area contributed by atoms with Gasteiger partial charge in [0.2, 0.25) is 0 Å². The number of hydrogen-bond donors (Lipinski definition) is 2. The van der Waals surface area contributed by atoms with Crippen molar-refractivity contribution in [3.05, 3.63) is 35.5 Å². The van der Waals surface area contributed by atoms with Crippen molar-refractivity contribution in [1.29, 1.82) is 5.26 Å². The third kappa shape index (κ3) is 2.08. The number of anilines is 1. The molecule has 1 unspecified atom stereocenters. The van der Waals surface area contributed by atoms with E-state index in [1.165, 1.54) is 11.3 Å². The molecular formula is C15H16N4. The summed E-state index contributed by atoms with van der Waals surface area (Å²) in [5.41, 5.74) is 11.0. The van der Waals surface area contributed by atoms with E-state index in [2.05, 4.69) is 16.3 Å². The van der Waals surface area contributed by atoms with Crippen molar-refractivity contribution < 1.29 is 0 Å². The second-order valence-electron chi connectivity index (χ2n) is 5.04. The number of nitrogens with one attached hydrogen (secondary N) is 1. The van der Waals surface area contributed by atoms with Crippen LogP contribution in [-0.4, -0.2) is 10.2 Å². The minimum atomic E-state index is 0.295. The smallest absolute Gasteiger partial charge is 0.0959 e. The van der Waals surface area contributed by atoms with Crippen LogP contribution in [0.25, 0.3) is 11.3 Å². The fourth-order valence-electron chi connectivity index (χ4n) is 2.91. The first-order valence-electron chi connectivity index (χ1n) is 6.59. The molecule has 2 aromatic rings. The third-order valence-electron chi connectivity index (χ3n) is 3.77. The average Bonchev–Trinajstić information content (AvgIpc) is 2.84. The summed E-state index contributed by atoms with van der Waals surface area (Å²) in [5.74, 6) is 0.295. The summed E-state index contributed by atoms with van der Waals surface area (Å²) in [6.45, 7) is 0. The zero-order valence-corrected chi connectivity index (χ0v) is 10.7. The van der Waals surface area contributed by atoms with Crippen LogP contribution < -0.4 is 5.73 Å². The number of aromatic amines is 1. The van der Waals surface area contributed by atoms with Gasteiger partial charge < -0.3 is 5.73 Å². The molecule has 0 amide bonds. The van der Waals surface area contributed by atoms with E-state index < -0.39 is 0 Å². The number of nitrogens with two attached hydrogens (primary N) is 1. The first kappa shape index (κ1) is 11.8. The molecule has 1 aliphatic rings. The highest BCUT2D eigenvalue weighted by atomic mass is 15.1. The summed E-state index contributed by atoms with van der Waals surface area (Å²) in [6, 6.07) is 10.1. The molecule has 1 aliphatic carbocycles. The number of H-pyrrole nitrogens is 1. The number of aromatic nitrogens is 2. The van der Waals surface area contributed by atoms with Crippen LogP contribution in [0, 0.1) is 11.3 Å². The standard InChI is InChI=1S/C15H16N4/c16-8-7-10-3-2-6-13-14(10)15(19-18-13)11-4-1-5-12(17)9-11/h1,4-5,9-10H,2-3,6-7,17H2,(H,18,19). The van der Waals surface area contributed by atoms with E-state index in [1.807, 2.05) is 24.3 Å². The molecule has 0 spiro atoms. The van der Waals surface area contributed by atoms with Crippen LogP contribution in [0.3, 0.4) is 0 Å². The van der Waals surface area contributed by atoms with Crippen LogP contribution in [0.5, 0.6) is 0 Å². The SMILES string of the molecule is N#CCC1CCCc2[nH]nc(-c3cccc(N)c3)c21. The molecule has 0 radical (unpaired) electrons. The summed E-state index contributed by atoms with van der Waals surface area (Å²) >= 11 is 0. The Hall–Kier alpha value is -2.28. The summed E-state index contributed by atoms with van der Waals surface area (Å²) < 4.78 is 0. The van der Waals surface area contributed by atoms with Gasteiger partial charge >= 0.3 is 0 Å². The fourth-order valence-corrected chi connectivity index (χ4v) is 2.91. The van der Waals surface area contributed by atoms with E-state index in [0.29, 0.717) is 12.3 Å². The maximum atomic E-state index is 8.99. The van der Waals surface area contributed by atoms with Gasteiger partial charge in [-0.05, 0) is 31.4 Å². The molecule has 3 rings (SSSR count). The van der Waals surface area contributed by atoms with Gasteiger partial charge in [-0.25, -0.2) is 0 Å². The van der Waals surface area contributed by atoms with E-state index in [-0.39, 0.29) is 0 Å². The second kappa shape index (κ2) is 4.77. The maximum Gasteiger partial charge on any atom is 0.0959 e. The van der Waals surface area contributed by atoms with Crippen molar-refractivity contribution >= 4 is 5.69 Å². The Morgan fingerprint density at radius 3 is 3.16 bits per heavy atom. The lowest BCUT2D eigenvalue weighted by atomic mass is 9.82. The Bertz CT molecular complexity index is 636. The summed E-state index contributed by atoms with van der Waals surface area (Å²) in [5, 5.41) is 16.6. The molecule has 1 aromatic heterocycles. The molecule has 0 fully saturated rings. The van der Waals surface area contributed by atoms with Crippen LogP contribution in [0.15, 0.2) is 24.3 Å². The Balaban J connectivity index is 2.09. The van der Waals surface area contributed by atoms with Crippen LogP contribution >= 0.6 is 0 Å². The van der Waals surface area contributed by atoms with Crippen molar-refractivity contribution in [1.82, 2.24) is 10.2 Å². The maximum absolute atomic E-state index is 8.99. The van der Waals surface area contributed by atoms with Crippen LogP contribution in [0.1, 0.15) is 36.4 Å². The van der Waals surface area contributed by atoms with Crippen molar-refractivity contribution in [2.45, 2.75) is 31.6 Å². The van der Waals surface area contributed by atoms with Crippen LogP contribution in [0.4, 0.5) is 5.69 Å². The molecule has 19 heavy (non-hydrogen) atoms. The van der Waals surface area contributed by atoms with E-state index >= 15 is 0 Å². The highest BCUT2D eigenvalue weighted by Gasteiger charge is 2.26. The third-order valence-corrected chi connectivity index (χ3v) is 3.77. The summed E-state index contributed by atoms with van der Waals surface area (Å²) in [7, 11) is 0. The molecule has 1 heterocycles. The predicted octanol–water partition coefficient (Wildman–Crippen LogP) is 2.99. The van der Waals surface area contributed by atoms with Gasteiger partial charge in [0.1, 0.15) is 0 Å². The quantitative estimate of drug-likeness (QED) is 0.806. The summed E-state index contributed by atoms with van der Waals surface area (Å²) in [4.78, 5) is 0. The molecule has 0 saturated heterocycles. The summed E-state index contributed by atoms with van der Waals surface area (Å²) in [6.07, 6.45) is 3.77. The van der Waals surface area contributed by atoms with Crippen molar-refractivity contribution in [2.75, 3.05) is 5.73 Å². The Morgan fingerprint density at radius 2 is 2.37 bits per heavy atom. The zero-order valence-electron chi connectivity index (χ0n) is 10.7. The first-order valence-corrected chi connectivity index (χ1v) is 6.59. The number of benzene rings is 1. The molecule has 0 saturated carbocycles. The van der Waals surface area contributed by atoms with E-state index in [4.69, 9.17) is 11.0 Å². The number of fused-ring (bicyclic) bond motifs is 1. The predicted molar refractivity (Wildman–Crippen MR) is 74.3 cm³/mol. The van der Waals surface area contributed by atoms with Crippen molar-refractivity contribution in [3.8, 4) is 17.3 Å². The number of nitriles is 1. The Labute approximate surface area is 112 Å². The molecule has 1 atom stereocenters. The molecule has 1 aromatic carbocycles. The largest absolute Gasteiger partial charge is 0.399 e. The molecule has 0 aliphatic heterocycles. The second-order valence-corrected chi connectivity index (χ2v) is 5.04. The van der Waals surface area contributed by atoms with Gasteiger partial charge in [0.05, 0.1) is 11.8 Å². The van der Waals surface area contributed by atoms with E-state index in [1.54, 1.807) is 0 Å². The number of rotatable bonds is 2. The number of aryl methyl sites for hydroxylation is 1. The van der Waals surface area contributed by atoms with Crippen molar-refractivity contribution in [2.24, 2.45) is 0 Å². The highest BCUT2D eigenvalue weighted by molar-refractivity contribution is 5.68. The van der Waals surface area contributed by atoms with Gasteiger partial charge in [-0.15, -0.1) is 0 Å². The van der Waals surface area contributed by atoms with Gasteiger partial charge in [0.25, 0.3) is 0 Å². The minimum absolute atomic E-state index is 0.295. The Morgan fingerprint density at radius 1 is 1.47 bits per heavy atom. The van der Waals surface area contributed by atoms with Crippen molar-refractivity contribution in [3.63, 3.8) is 0 Å². The Kier molecular flexibility index (Phi) is 2.96. The average molecular weight is 252 g/mol. The first-order chi connectivity index (χ1) is 9.29. The lowest BCUT2D eigenvalue weighted by Gasteiger charge is -2.20. The molecular weight excluding hydrogens is 236 g/mol. The molecule has 3 N–H and O–H groups in total. The van der Waals surface area contributed by atoms with E-state index in [9.17, 15) is 0 Å². The molecule has 0 bridgehead atoms. The fraction of sp³-hybridized carbons (Fsp3) is 0.333. The van der Waals surface area contributed by atoms with Gasteiger partial charge in [-0.1, -0.05) is 12.1 Å². The molecule has 4 heteroatoms. The number of nitrogens with zero attached hydrogens (tertiary/aromatic N) is 2. The highest BCUT2D eigenvalue weighted by Crippen LogP contribution is 2.39. The van der Waals surface area contributed by atoms with Gasteiger partial charge in [-0.3, -0.25) is 5.10 Å². The zero-order chi connectivity index (χ0) is 13.2. The molecule has 4 nitrogen and oxygen atoms in total. The number of hydrogen-bond acceptors (Lipinski definition) is 3. The normalized spacial score (nSPS) is 17.7. The van der Waals surface area contributed by atoms with Crippen LogP contribution in [0.2, 0.25) is 0 Å². The number of nitrogen functional groups attached to an aromatic ring is 1. The lowest BCUT2D eigenvalue weighted by molar-refractivity contribution is 0.558. The van der Waals surface area contributed by atoms with Crippen LogP contribution in [-0.2, 0) is 6.42 Å². The van der Waals surface area contributed by atoms with Gasteiger partial charge in [0, 0.05) is 34.8 Å². The van der Waals surface area contributed by atoms with Gasteiger partial charge in [0.15, 0.2) is 0 Å². The molecule has 96 valence electrons. The van der Waals surface area contributed by atoms with Gasteiger partial charge in [-0.2, -0.15) is 10.4 Å². The monoisotopic (exact) mass is 252 g/mol. The topological polar surface area (TPSA) is 78.5 Å².